The number of thiophene rings is 1. The molecular formula is C13H18N4OS. The summed E-state index contributed by atoms with van der Waals surface area (Å²) in [6.45, 7) is 6.52. The van der Waals surface area contributed by atoms with Crippen molar-refractivity contribution in [2.75, 3.05) is 5.73 Å². The molecule has 2 aromatic heterocycles. The largest absolute Gasteiger partial charge is 0.396 e. The van der Waals surface area contributed by atoms with Crippen LogP contribution in [0.2, 0.25) is 0 Å². The van der Waals surface area contributed by atoms with Gasteiger partial charge in [0.15, 0.2) is 0 Å². The summed E-state index contributed by atoms with van der Waals surface area (Å²) in [6, 6.07) is 4.08. The van der Waals surface area contributed by atoms with Gasteiger partial charge in [-0.25, -0.2) is 0 Å². The Hall–Kier alpha value is -1.82. The van der Waals surface area contributed by atoms with Gasteiger partial charge in [-0.05, 0) is 32.9 Å². The minimum absolute atomic E-state index is 0.0587. The van der Waals surface area contributed by atoms with E-state index in [1.54, 1.807) is 16.0 Å². The molecule has 0 atom stereocenters. The number of hydrogen-bond acceptors (Lipinski definition) is 4. The molecule has 2 aromatic rings. The Labute approximate surface area is 116 Å². The molecule has 0 aliphatic carbocycles. The van der Waals surface area contributed by atoms with Gasteiger partial charge in [-0.1, -0.05) is 0 Å². The van der Waals surface area contributed by atoms with E-state index in [1.165, 1.54) is 4.88 Å². The van der Waals surface area contributed by atoms with E-state index in [0.717, 1.165) is 16.3 Å². The molecule has 0 radical (unpaired) electrons. The highest BCUT2D eigenvalue weighted by Gasteiger charge is 2.11. The van der Waals surface area contributed by atoms with Crippen molar-refractivity contribution in [2.45, 2.75) is 33.9 Å². The fraction of sp³-hybridized carbons (Fsp3) is 0.385. The number of nitrogens with two attached hydrogens (primary N) is 1. The Bertz CT molecular complexity index is 600. The molecule has 2 rings (SSSR count). The smallest absolute Gasteiger partial charge is 0.242 e. The number of carbonyl (C=O) groups is 1. The predicted octanol–water partition coefficient (Wildman–Crippen LogP) is 1.77. The van der Waals surface area contributed by atoms with Crippen LogP contribution in [0.4, 0.5) is 5.69 Å². The van der Waals surface area contributed by atoms with Gasteiger partial charge in [-0.3, -0.25) is 9.48 Å². The van der Waals surface area contributed by atoms with E-state index in [2.05, 4.69) is 17.3 Å². The summed E-state index contributed by atoms with van der Waals surface area (Å²) in [4.78, 5) is 14.3. The van der Waals surface area contributed by atoms with Crippen LogP contribution in [0.5, 0.6) is 0 Å². The van der Waals surface area contributed by atoms with Crippen LogP contribution in [-0.2, 0) is 17.9 Å². The van der Waals surface area contributed by atoms with Gasteiger partial charge in [0.25, 0.3) is 0 Å². The highest BCUT2D eigenvalue weighted by atomic mass is 32.1. The third-order valence-electron chi connectivity index (χ3n) is 2.99. The Kier molecular flexibility index (Phi) is 3.90. The van der Waals surface area contributed by atoms with Crippen LogP contribution < -0.4 is 11.1 Å². The zero-order valence-electron chi connectivity index (χ0n) is 11.4. The summed E-state index contributed by atoms with van der Waals surface area (Å²) in [5.41, 5.74) is 8.08. The molecular weight excluding hydrogens is 260 g/mol. The lowest BCUT2D eigenvalue weighted by molar-refractivity contribution is -0.122. The van der Waals surface area contributed by atoms with Crippen molar-refractivity contribution in [3.05, 3.63) is 33.3 Å². The van der Waals surface area contributed by atoms with Crippen LogP contribution in [-0.4, -0.2) is 15.7 Å². The number of nitrogens with one attached hydrogen (secondary N) is 1. The summed E-state index contributed by atoms with van der Waals surface area (Å²) < 4.78 is 1.64. The summed E-state index contributed by atoms with van der Waals surface area (Å²) in [6.07, 6.45) is 0. The van der Waals surface area contributed by atoms with E-state index in [0.29, 0.717) is 12.2 Å². The fourth-order valence-electron chi connectivity index (χ4n) is 1.82. The number of nitrogen functional groups attached to an aromatic ring is 1. The number of carbonyl (C=O) groups excluding carboxylic acids is 1. The first-order valence-electron chi connectivity index (χ1n) is 6.09. The van der Waals surface area contributed by atoms with Crippen LogP contribution >= 0.6 is 11.3 Å². The summed E-state index contributed by atoms with van der Waals surface area (Å²) in [5.74, 6) is -0.0587. The first kappa shape index (κ1) is 13.6. The van der Waals surface area contributed by atoms with Gasteiger partial charge in [0.2, 0.25) is 5.91 Å². The topological polar surface area (TPSA) is 72.9 Å². The molecule has 0 bridgehead atoms. The maximum atomic E-state index is 11.9. The SMILES string of the molecule is Cc1ccc(CNC(=O)Cn2nc(C)c(N)c2C)s1. The van der Waals surface area contributed by atoms with Crippen molar-refractivity contribution in [2.24, 2.45) is 0 Å². The van der Waals surface area contributed by atoms with Crippen LogP contribution in [0.1, 0.15) is 21.1 Å². The van der Waals surface area contributed by atoms with E-state index < -0.39 is 0 Å². The summed E-state index contributed by atoms with van der Waals surface area (Å²) in [5, 5.41) is 7.13. The number of amides is 1. The third-order valence-corrected chi connectivity index (χ3v) is 3.99. The number of hydrogen-bond donors (Lipinski definition) is 2. The minimum atomic E-state index is -0.0587. The first-order chi connectivity index (χ1) is 8.97. The van der Waals surface area contributed by atoms with E-state index in [-0.39, 0.29) is 12.5 Å². The Morgan fingerprint density at radius 2 is 2.16 bits per heavy atom. The molecule has 19 heavy (non-hydrogen) atoms. The van der Waals surface area contributed by atoms with Crippen LogP contribution in [0.3, 0.4) is 0 Å². The monoisotopic (exact) mass is 278 g/mol. The molecule has 102 valence electrons. The summed E-state index contributed by atoms with van der Waals surface area (Å²) in [7, 11) is 0. The highest BCUT2D eigenvalue weighted by molar-refractivity contribution is 7.11. The molecule has 0 aliphatic rings. The second-order valence-corrected chi connectivity index (χ2v) is 5.90. The molecule has 0 fully saturated rings. The molecule has 5 nitrogen and oxygen atoms in total. The average molecular weight is 278 g/mol. The number of nitrogens with zero attached hydrogens (tertiary/aromatic N) is 2. The molecule has 0 unspecified atom stereocenters. The maximum absolute atomic E-state index is 11.9. The van der Waals surface area contributed by atoms with Crippen molar-refractivity contribution in [3.63, 3.8) is 0 Å². The second-order valence-electron chi connectivity index (χ2n) is 4.53. The molecule has 6 heteroatoms. The lowest BCUT2D eigenvalue weighted by atomic mass is 10.3. The van der Waals surface area contributed by atoms with Gasteiger partial charge < -0.3 is 11.1 Å². The number of aromatic nitrogens is 2. The molecule has 0 saturated carbocycles. The highest BCUT2D eigenvalue weighted by Crippen LogP contribution is 2.15. The van der Waals surface area contributed by atoms with Gasteiger partial charge in [-0.15, -0.1) is 11.3 Å². The third kappa shape index (κ3) is 3.14. The van der Waals surface area contributed by atoms with E-state index in [4.69, 9.17) is 5.73 Å². The number of aryl methyl sites for hydroxylation is 2. The molecule has 0 aromatic carbocycles. The fourth-order valence-corrected chi connectivity index (χ4v) is 2.65. The lowest BCUT2D eigenvalue weighted by Gasteiger charge is -2.05. The lowest BCUT2D eigenvalue weighted by Crippen LogP contribution is -2.27. The normalized spacial score (nSPS) is 10.7. The quantitative estimate of drug-likeness (QED) is 0.895. The van der Waals surface area contributed by atoms with Crippen LogP contribution in [0, 0.1) is 20.8 Å². The van der Waals surface area contributed by atoms with Crippen molar-refractivity contribution < 1.29 is 4.79 Å². The van der Waals surface area contributed by atoms with Crippen molar-refractivity contribution in [3.8, 4) is 0 Å². The Morgan fingerprint density at radius 3 is 2.68 bits per heavy atom. The van der Waals surface area contributed by atoms with Gasteiger partial charge in [-0.2, -0.15) is 5.10 Å². The van der Waals surface area contributed by atoms with Crippen molar-refractivity contribution >= 4 is 22.9 Å². The Morgan fingerprint density at radius 1 is 1.42 bits per heavy atom. The standard InChI is InChI=1S/C13H18N4OS/c1-8-4-5-11(19-8)6-15-12(18)7-17-10(3)13(14)9(2)16-17/h4-5H,6-7,14H2,1-3H3,(H,15,18). The number of rotatable bonds is 4. The van der Waals surface area contributed by atoms with E-state index in [1.807, 2.05) is 26.0 Å². The van der Waals surface area contributed by atoms with Crippen molar-refractivity contribution in [1.82, 2.24) is 15.1 Å². The zero-order valence-corrected chi connectivity index (χ0v) is 12.2. The maximum Gasteiger partial charge on any atom is 0.242 e. The predicted molar refractivity (Wildman–Crippen MR) is 77.0 cm³/mol. The van der Waals surface area contributed by atoms with E-state index >= 15 is 0 Å². The molecule has 0 spiro atoms. The zero-order chi connectivity index (χ0) is 14.0. The molecule has 3 N–H and O–H groups in total. The van der Waals surface area contributed by atoms with Crippen molar-refractivity contribution in [1.29, 1.82) is 0 Å². The van der Waals surface area contributed by atoms with Gasteiger partial charge in [0.05, 0.1) is 23.6 Å². The average Bonchev–Trinajstić information content (AvgIpc) is 2.88. The van der Waals surface area contributed by atoms with Gasteiger partial charge in [0, 0.05) is 9.75 Å². The van der Waals surface area contributed by atoms with Gasteiger partial charge in [0.1, 0.15) is 6.54 Å². The molecule has 1 amide bonds. The summed E-state index contributed by atoms with van der Waals surface area (Å²) >= 11 is 1.69. The first-order valence-corrected chi connectivity index (χ1v) is 6.90. The minimum Gasteiger partial charge on any atom is -0.396 e. The van der Waals surface area contributed by atoms with Crippen LogP contribution in [0.25, 0.3) is 0 Å². The number of anilines is 1. The molecule has 0 aliphatic heterocycles. The molecule has 0 saturated heterocycles. The van der Waals surface area contributed by atoms with E-state index in [9.17, 15) is 4.79 Å². The Balaban J connectivity index is 1.92. The van der Waals surface area contributed by atoms with Crippen LogP contribution in [0.15, 0.2) is 12.1 Å². The second kappa shape index (κ2) is 5.44. The molecule has 2 heterocycles. The van der Waals surface area contributed by atoms with Gasteiger partial charge >= 0.3 is 0 Å².